The number of morpholine rings is 1. The van der Waals surface area contributed by atoms with Gasteiger partial charge in [0.25, 0.3) is 0 Å². The van der Waals surface area contributed by atoms with E-state index in [9.17, 15) is 0 Å². The van der Waals surface area contributed by atoms with Crippen LogP contribution in [0.5, 0.6) is 11.5 Å². The third-order valence-corrected chi connectivity index (χ3v) is 5.45. The van der Waals surface area contributed by atoms with Crippen molar-refractivity contribution in [1.29, 1.82) is 0 Å². The second-order valence-electron chi connectivity index (χ2n) is 7.50. The molecule has 1 fully saturated rings. The van der Waals surface area contributed by atoms with Crippen LogP contribution in [0.4, 0.5) is 5.95 Å². The number of aromatic nitrogens is 3. The number of benzene rings is 1. The monoisotopic (exact) mass is 419 g/mol. The van der Waals surface area contributed by atoms with E-state index in [2.05, 4.69) is 20.2 Å². The molecule has 31 heavy (non-hydrogen) atoms. The summed E-state index contributed by atoms with van der Waals surface area (Å²) >= 11 is 0. The first-order valence-corrected chi connectivity index (χ1v) is 10.6. The molecule has 0 saturated carbocycles. The van der Waals surface area contributed by atoms with Crippen LogP contribution in [0.1, 0.15) is 6.42 Å². The highest BCUT2D eigenvalue weighted by Crippen LogP contribution is 2.38. The van der Waals surface area contributed by atoms with Crippen LogP contribution < -0.4 is 14.8 Å². The topological polar surface area (TPSA) is 81.6 Å². The first kappa shape index (κ1) is 19.7. The Bertz CT molecular complexity index is 1020. The molecule has 0 aliphatic carbocycles. The first-order chi connectivity index (χ1) is 15.4. The van der Waals surface area contributed by atoms with Crippen LogP contribution >= 0.6 is 0 Å². The van der Waals surface area contributed by atoms with Gasteiger partial charge >= 0.3 is 0 Å². The molecular weight excluding hydrogens is 394 g/mol. The number of hydrogen-bond acceptors (Lipinski definition) is 8. The molecule has 0 unspecified atom stereocenters. The van der Waals surface area contributed by atoms with Crippen molar-refractivity contribution >= 4 is 5.95 Å². The maximum atomic E-state index is 5.55. The smallest absolute Gasteiger partial charge is 0.231 e. The van der Waals surface area contributed by atoms with Crippen molar-refractivity contribution in [2.45, 2.75) is 6.42 Å². The summed E-state index contributed by atoms with van der Waals surface area (Å²) in [6.45, 7) is 5.77. The molecule has 1 aromatic carbocycles. The van der Waals surface area contributed by atoms with Gasteiger partial charge in [-0.25, -0.2) is 9.97 Å². The van der Waals surface area contributed by atoms with Crippen LogP contribution in [0.3, 0.4) is 0 Å². The standard InChI is InChI=1S/C23H25N5O3/c1-3-18(14-24-6-1)22-19(17-4-5-20-21(13-17)31-16-30-20)15-26-23(27-22)25-7-2-8-28-9-11-29-12-10-28/h1,3-6,13-15H,2,7-12,16H2,(H,25,26,27). The molecule has 1 N–H and O–H groups in total. The summed E-state index contributed by atoms with van der Waals surface area (Å²) in [5, 5.41) is 3.37. The van der Waals surface area contributed by atoms with Gasteiger partial charge in [-0.1, -0.05) is 6.07 Å². The van der Waals surface area contributed by atoms with E-state index in [0.717, 1.165) is 79.7 Å². The molecule has 0 spiro atoms. The molecule has 4 heterocycles. The lowest BCUT2D eigenvalue weighted by Gasteiger charge is -2.26. The second kappa shape index (κ2) is 9.28. The summed E-state index contributed by atoms with van der Waals surface area (Å²) in [4.78, 5) is 16.1. The van der Waals surface area contributed by atoms with Crippen molar-refractivity contribution in [1.82, 2.24) is 19.9 Å². The van der Waals surface area contributed by atoms with Gasteiger partial charge in [0.2, 0.25) is 12.7 Å². The van der Waals surface area contributed by atoms with Crippen molar-refractivity contribution < 1.29 is 14.2 Å². The van der Waals surface area contributed by atoms with Gasteiger partial charge in [-0.05, 0) is 42.8 Å². The quantitative estimate of drug-likeness (QED) is 0.585. The molecule has 0 radical (unpaired) electrons. The molecule has 1 saturated heterocycles. The predicted molar refractivity (Wildman–Crippen MR) is 117 cm³/mol. The Morgan fingerprint density at radius 1 is 1.00 bits per heavy atom. The fourth-order valence-electron chi connectivity index (χ4n) is 3.79. The van der Waals surface area contributed by atoms with Crippen molar-refractivity contribution in [3.05, 3.63) is 48.9 Å². The number of nitrogens with one attached hydrogen (secondary N) is 1. The van der Waals surface area contributed by atoms with Gasteiger partial charge in [-0.3, -0.25) is 9.88 Å². The van der Waals surface area contributed by atoms with E-state index >= 15 is 0 Å². The van der Waals surface area contributed by atoms with Crippen molar-refractivity contribution in [3.63, 3.8) is 0 Å². The molecule has 160 valence electrons. The number of fused-ring (bicyclic) bond motifs is 1. The highest BCUT2D eigenvalue weighted by Gasteiger charge is 2.17. The maximum Gasteiger partial charge on any atom is 0.231 e. The summed E-state index contributed by atoms with van der Waals surface area (Å²) in [5.74, 6) is 2.11. The summed E-state index contributed by atoms with van der Waals surface area (Å²) in [7, 11) is 0. The van der Waals surface area contributed by atoms with Crippen LogP contribution in [0, 0.1) is 0 Å². The molecule has 2 aromatic heterocycles. The molecule has 2 aliphatic rings. The average molecular weight is 419 g/mol. The lowest BCUT2D eigenvalue weighted by molar-refractivity contribution is 0.0378. The van der Waals surface area contributed by atoms with Crippen molar-refractivity contribution in [3.8, 4) is 33.9 Å². The Morgan fingerprint density at radius 2 is 1.90 bits per heavy atom. The maximum absolute atomic E-state index is 5.55. The fraction of sp³-hybridized carbons (Fsp3) is 0.348. The largest absolute Gasteiger partial charge is 0.454 e. The minimum absolute atomic E-state index is 0.248. The van der Waals surface area contributed by atoms with Crippen molar-refractivity contribution in [2.75, 3.05) is 51.5 Å². The number of rotatable bonds is 7. The fourth-order valence-corrected chi connectivity index (χ4v) is 3.79. The zero-order valence-corrected chi connectivity index (χ0v) is 17.3. The van der Waals surface area contributed by atoms with Crippen LogP contribution in [0.15, 0.2) is 48.9 Å². The minimum Gasteiger partial charge on any atom is -0.454 e. The predicted octanol–water partition coefficient (Wildman–Crippen LogP) is 3.07. The zero-order valence-electron chi connectivity index (χ0n) is 17.3. The van der Waals surface area contributed by atoms with Crippen LogP contribution in [0.2, 0.25) is 0 Å². The van der Waals surface area contributed by atoms with Gasteiger partial charge in [-0.2, -0.15) is 0 Å². The third-order valence-electron chi connectivity index (χ3n) is 5.45. The minimum atomic E-state index is 0.248. The van der Waals surface area contributed by atoms with Gasteiger partial charge in [0.15, 0.2) is 11.5 Å². The summed E-state index contributed by atoms with van der Waals surface area (Å²) < 4.78 is 16.4. The second-order valence-corrected chi connectivity index (χ2v) is 7.50. The molecule has 8 heteroatoms. The van der Waals surface area contributed by atoms with Crippen LogP contribution in [-0.2, 0) is 4.74 Å². The molecule has 0 atom stereocenters. The highest BCUT2D eigenvalue weighted by molar-refractivity contribution is 5.81. The van der Waals surface area contributed by atoms with Gasteiger partial charge < -0.3 is 19.5 Å². The number of anilines is 1. The molecular formula is C23H25N5O3. The molecule has 3 aromatic rings. The molecule has 2 aliphatic heterocycles. The molecule has 8 nitrogen and oxygen atoms in total. The lowest BCUT2D eigenvalue weighted by Crippen LogP contribution is -2.37. The van der Waals surface area contributed by atoms with Gasteiger partial charge in [0, 0.05) is 49.4 Å². The Labute approximate surface area is 181 Å². The van der Waals surface area contributed by atoms with Gasteiger partial charge in [-0.15, -0.1) is 0 Å². The summed E-state index contributed by atoms with van der Waals surface area (Å²) in [5.41, 5.74) is 3.67. The molecule has 0 bridgehead atoms. The number of ether oxygens (including phenoxy) is 3. The number of pyridine rings is 1. The molecule has 0 amide bonds. The summed E-state index contributed by atoms with van der Waals surface area (Å²) in [6, 6.07) is 9.81. The Hall–Kier alpha value is -3.23. The zero-order chi connectivity index (χ0) is 20.9. The van der Waals surface area contributed by atoms with E-state index in [0.29, 0.717) is 5.95 Å². The van der Waals surface area contributed by atoms with Crippen LogP contribution in [-0.4, -0.2) is 66.0 Å². The van der Waals surface area contributed by atoms with E-state index in [-0.39, 0.29) is 6.79 Å². The summed E-state index contributed by atoms with van der Waals surface area (Å²) in [6.07, 6.45) is 6.46. The van der Waals surface area contributed by atoms with E-state index < -0.39 is 0 Å². The Balaban J connectivity index is 1.35. The van der Waals surface area contributed by atoms with E-state index in [1.54, 1.807) is 6.20 Å². The van der Waals surface area contributed by atoms with E-state index in [1.165, 1.54) is 0 Å². The average Bonchev–Trinajstić information content (AvgIpc) is 3.31. The van der Waals surface area contributed by atoms with E-state index in [4.69, 9.17) is 19.2 Å². The van der Waals surface area contributed by atoms with Crippen molar-refractivity contribution in [2.24, 2.45) is 0 Å². The number of hydrogen-bond donors (Lipinski definition) is 1. The van der Waals surface area contributed by atoms with E-state index in [1.807, 2.05) is 42.7 Å². The number of nitrogens with zero attached hydrogens (tertiary/aromatic N) is 4. The normalized spacial score (nSPS) is 15.7. The molecule has 5 rings (SSSR count). The lowest BCUT2D eigenvalue weighted by atomic mass is 10.0. The Kier molecular flexibility index (Phi) is 5.90. The van der Waals surface area contributed by atoms with Gasteiger partial charge in [0.1, 0.15) is 0 Å². The highest BCUT2D eigenvalue weighted by atomic mass is 16.7. The Morgan fingerprint density at radius 3 is 2.77 bits per heavy atom. The van der Waals surface area contributed by atoms with Gasteiger partial charge in [0.05, 0.1) is 18.9 Å². The SMILES string of the molecule is c1cncc(-c2nc(NCCCN3CCOCC3)ncc2-c2ccc3c(c2)OCO3)c1. The third kappa shape index (κ3) is 4.60. The first-order valence-electron chi connectivity index (χ1n) is 10.6. The van der Waals surface area contributed by atoms with Crippen LogP contribution in [0.25, 0.3) is 22.4 Å².